The van der Waals surface area contributed by atoms with E-state index < -0.39 is 11.9 Å². The molecular formula is C26H19BrFIN2O4. The largest absolute Gasteiger partial charge is 0.487 e. The van der Waals surface area contributed by atoms with Crippen LogP contribution in [0.4, 0.5) is 10.1 Å². The summed E-state index contributed by atoms with van der Waals surface area (Å²) < 4.78 is 25.3. The van der Waals surface area contributed by atoms with Gasteiger partial charge < -0.3 is 14.8 Å². The molecule has 0 atom stereocenters. The van der Waals surface area contributed by atoms with Crippen LogP contribution in [0.5, 0.6) is 5.75 Å². The summed E-state index contributed by atoms with van der Waals surface area (Å²) in [6.45, 7) is 2.24. The van der Waals surface area contributed by atoms with Crippen molar-refractivity contribution in [2.45, 2.75) is 13.5 Å². The number of ether oxygens (including phenoxy) is 2. The molecule has 9 heteroatoms. The molecule has 6 nitrogen and oxygen atoms in total. The summed E-state index contributed by atoms with van der Waals surface area (Å²) in [5.74, 6) is -0.754. The van der Waals surface area contributed by atoms with Crippen molar-refractivity contribution >= 4 is 62.2 Å². The SMILES string of the molecule is CCOC(=O)c1ccc(NC(=O)/C(C#N)=C/c2cc(Br)c(OCc3ccc(F)cc3)c(I)c2)cc1. The summed E-state index contributed by atoms with van der Waals surface area (Å²) in [6.07, 6.45) is 1.47. The molecule has 0 aliphatic carbocycles. The fourth-order valence-electron chi connectivity index (χ4n) is 2.95. The average Bonchev–Trinajstić information content (AvgIpc) is 2.83. The Morgan fingerprint density at radius 3 is 2.43 bits per heavy atom. The Morgan fingerprint density at radius 1 is 1.14 bits per heavy atom. The molecular weight excluding hydrogens is 630 g/mol. The molecule has 0 radical (unpaired) electrons. The molecule has 0 saturated heterocycles. The molecule has 0 aliphatic rings. The summed E-state index contributed by atoms with van der Waals surface area (Å²) in [6, 6.07) is 17.7. The molecule has 35 heavy (non-hydrogen) atoms. The minimum Gasteiger partial charge on any atom is -0.487 e. The molecule has 0 aliphatic heterocycles. The Bertz CT molecular complexity index is 1280. The number of benzene rings is 3. The van der Waals surface area contributed by atoms with E-state index in [1.165, 1.54) is 30.3 Å². The highest BCUT2D eigenvalue weighted by atomic mass is 127. The standard InChI is InChI=1S/C26H19BrFIN2O4/c1-2-34-26(33)18-5-9-21(10-6-18)31-25(32)19(14-30)11-17-12-22(27)24(23(29)13-17)35-15-16-3-7-20(28)8-4-16/h3-13H,2,15H2,1H3,(H,31,32)/b19-11+. The predicted octanol–water partition coefficient (Wildman–Crippen LogP) is 6.49. The maximum Gasteiger partial charge on any atom is 0.338 e. The van der Waals surface area contributed by atoms with Gasteiger partial charge in [-0.1, -0.05) is 12.1 Å². The van der Waals surface area contributed by atoms with Gasteiger partial charge in [0.15, 0.2) is 0 Å². The third-order valence-electron chi connectivity index (χ3n) is 4.65. The molecule has 0 spiro atoms. The number of carbonyl (C=O) groups is 2. The first-order valence-electron chi connectivity index (χ1n) is 10.4. The Morgan fingerprint density at radius 2 is 1.83 bits per heavy atom. The van der Waals surface area contributed by atoms with Gasteiger partial charge in [0.05, 0.1) is 20.2 Å². The van der Waals surface area contributed by atoms with E-state index in [-0.39, 0.29) is 24.6 Å². The van der Waals surface area contributed by atoms with Crippen molar-refractivity contribution in [1.82, 2.24) is 0 Å². The van der Waals surface area contributed by atoms with Crippen LogP contribution in [-0.4, -0.2) is 18.5 Å². The zero-order chi connectivity index (χ0) is 25.4. The zero-order valence-electron chi connectivity index (χ0n) is 18.5. The number of esters is 1. The number of nitrogens with one attached hydrogen (secondary N) is 1. The summed E-state index contributed by atoms with van der Waals surface area (Å²) >= 11 is 5.58. The minimum atomic E-state index is -0.584. The van der Waals surface area contributed by atoms with Crippen LogP contribution in [0.2, 0.25) is 0 Å². The number of anilines is 1. The van der Waals surface area contributed by atoms with E-state index in [0.717, 1.165) is 9.13 Å². The number of halogens is 3. The van der Waals surface area contributed by atoms with Gasteiger partial charge in [0.1, 0.15) is 29.8 Å². The summed E-state index contributed by atoms with van der Waals surface area (Å²) in [7, 11) is 0. The quantitative estimate of drug-likeness (QED) is 0.131. The molecule has 0 bridgehead atoms. The Labute approximate surface area is 224 Å². The summed E-state index contributed by atoms with van der Waals surface area (Å²) in [5, 5.41) is 12.2. The van der Waals surface area contributed by atoms with Crippen LogP contribution in [0.3, 0.4) is 0 Å². The second-order valence-electron chi connectivity index (χ2n) is 7.15. The van der Waals surface area contributed by atoms with E-state index in [4.69, 9.17) is 9.47 Å². The van der Waals surface area contributed by atoms with Gasteiger partial charge in [-0.15, -0.1) is 0 Å². The molecule has 0 fully saturated rings. The number of amides is 1. The van der Waals surface area contributed by atoms with E-state index in [0.29, 0.717) is 27.0 Å². The van der Waals surface area contributed by atoms with Crippen molar-refractivity contribution in [3.63, 3.8) is 0 Å². The number of hydrogen-bond donors (Lipinski definition) is 1. The van der Waals surface area contributed by atoms with Crippen LogP contribution in [0.15, 0.2) is 70.7 Å². The third-order valence-corrected chi connectivity index (χ3v) is 6.04. The smallest absolute Gasteiger partial charge is 0.338 e. The molecule has 0 aromatic heterocycles. The molecule has 178 valence electrons. The molecule has 0 heterocycles. The summed E-state index contributed by atoms with van der Waals surface area (Å²) in [5.41, 5.74) is 2.14. The van der Waals surface area contributed by atoms with Crippen molar-refractivity contribution in [2.75, 3.05) is 11.9 Å². The number of hydrogen-bond acceptors (Lipinski definition) is 5. The third kappa shape index (κ3) is 7.37. The lowest BCUT2D eigenvalue weighted by Gasteiger charge is -2.12. The van der Waals surface area contributed by atoms with Crippen molar-refractivity contribution < 1.29 is 23.5 Å². The topological polar surface area (TPSA) is 88.4 Å². The molecule has 1 amide bonds. The lowest BCUT2D eigenvalue weighted by molar-refractivity contribution is -0.112. The lowest BCUT2D eigenvalue weighted by atomic mass is 10.1. The average molecular weight is 649 g/mol. The molecule has 3 aromatic carbocycles. The van der Waals surface area contributed by atoms with Gasteiger partial charge in [0.2, 0.25) is 0 Å². The predicted molar refractivity (Wildman–Crippen MR) is 142 cm³/mol. The van der Waals surface area contributed by atoms with E-state index in [2.05, 4.69) is 43.8 Å². The fraction of sp³-hybridized carbons (Fsp3) is 0.115. The second kappa shape index (κ2) is 12.5. The highest BCUT2D eigenvalue weighted by Gasteiger charge is 2.14. The zero-order valence-corrected chi connectivity index (χ0v) is 22.2. The Hall–Kier alpha value is -3.23. The van der Waals surface area contributed by atoms with Gasteiger partial charge in [-0.2, -0.15) is 5.26 Å². The van der Waals surface area contributed by atoms with Gasteiger partial charge in [0.25, 0.3) is 5.91 Å². The highest BCUT2D eigenvalue weighted by molar-refractivity contribution is 14.1. The Balaban J connectivity index is 1.71. The van der Waals surface area contributed by atoms with E-state index in [1.54, 1.807) is 43.3 Å². The number of rotatable bonds is 8. The van der Waals surface area contributed by atoms with Crippen LogP contribution < -0.4 is 10.1 Å². The van der Waals surface area contributed by atoms with E-state index in [1.807, 2.05) is 6.07 Å². The maximum atomic E-state index is 13.1. The van der Waals surface area contributed by atoms with Gasteiger partial charge in [-0.25, -0.2) is 9.18 Å². The first-order chi connectivity index (χ1) is 16.8. The van der Waals surface area contributed by atoms with Gasteiger partial charge in [-0.05, 0) is 111 Å². The van der Waals surface area contributed by atoms with Gasteiger partial charge in [0, 0.05) is 5.69 Å². The summed E-state index contributed by atoms with van der Waals surface area (Å²) in [4.78, 5) is 24.4. The van der Waals surface area contributed by atoms with E-state index in [9.17, 15) is 19.2 Å². The number of nitriles is 1. The number of nitrogens with zero attached hydrogens (tertiary/aromatic N) is 1. The van der Waals surface area contributed by atoms with E-state index >= 15 is 0 Å². The maximum absolute atomic E-state index is 13.1. The minimum absolute atomic E-state index is 0.0952. The van der Waals surface area contributed by atoms with Gasteiger partial charge >= 0.3 is 5.97 Å². The van der Waals surface area contributed by atoms with Crippen LogP contribution >= 0.6 is 38.5 Å². The van der Waals surface area contributed by atoms with Crippen LogP contribution in [0.25, 0.3) is 6.08 Å². The normalized spacial score (nSPS) is 10.9. The number of carbonyl (C=O) groups excluding carboxylic acids is 2. The molecule has 0 saturated carbocycles. The van der Waals surface area contributed by atoms with Crippen molar-refractivity contribution in [3.05, 3.63) is 96.8 Å². The monoisotopic (exact) mass is 648 g/mol. The molecule has 1 N–H and O–H groups in total. The molecule has 0 unspecified atom stereocenters. The van der Waals surface area contributed by atoms with Crippen LogP contribution in [0, 0.1) is 20.7 Å². The lowest BCUT2D eigenvalue weighted by Crippen LogP contribution is -2.13. The fourth-order valence-corrected chi connectivity index (χ4v) is 4.72. The van der Waals surface area contributed by atoms with Gasteiger partial charge in [-0.3, -0.25) is 4.79 Å². The molecule has 3 rings (SSSR count). The van der Waals surface area contributed by atoms with Crippen molar-refractivity contribution in [1.29, 1.82) is 5.26 Å². The van der Waals surface area contributed by atoms with Crippen molar-refractivity contribution in [3.8, 4) is 11.8 Å². The molecule has 3 aromatic rings. The van der Waals surface area contributed by atoms with Crippen molar-refractivity contribution in [2.24, 2.45) is 0 Å². The first kappa shape index (κ1) is 26.4. The second-order valence-corrected chi connectivity index (χ2v) is 9.17. The van der Waals surface area contributed by atoms with Crippen LogP contribution in [-0.2, 0) is 16.1 Å². The van der Waals surface area contributed by atoms with Crippen LogP contribution in [0.1, 0.15) is 28.4 Å². The first-order valence-corrected chi connectivity index (χ1v) is 12.2. The Kier molecular flexibility index (Phi) is 9.39. The highest BCUT2D eigenvalue weighted by Crippen LogP contribution is 2.33.